The van der Waals surface area contributed by atoms with Gasteiger partial charge in [-0.2, -0.15) is 0 Å². The molecule has 0 N–H and O–H groups in total. The van der Waals surface area contributed by atoms with E-state index in [0.29, 0.717) is 0 Å². The van der Waals surface area contributed by atoms with Crippen molar-refractivity contribution >= 4 is 0 Å². The van der Waals surface area contributed by atoms with Crippen LogP contribution in [0.1, 0.15) is 466 Å². The Bertz CT molecular complexity index is 671. The Morgan fingerprint density at radius 3 is 0.207 bits per heavy atom. The minimum absolute atomic E-state index is 0. The molecule has 0 heterocycles. The zero-order valence-corrected chi connectivity index (χ0v) is 70.4. The second-order valence-electron chi connectivity index (χ2n) is 25.4. The van der Waals surface area contributed by atoms with E-state index in [1.165, 1.54) is 308 Å². The van der Waals surface area contributed by atoms with Gasteiger partial charge in [-0.3, -0.25) is 0 Å². The molecule has 92 heavy (non-hydrogen) atoms. The largest absolute Gasteiger partial charge is 2.00 e. The van der Waals surface area contributed by atoms with Crippen molar-refractivity contribution in [2.75, 3.05) is 52.9 Å². The molecule has 0 fully saturated rings. The van der Waals surface area contributed by atoms with Gasteiger partial charge in [0.25, 0.3) is 0 Å². The quantitative estimate of drug-likeness (QED) is 0.0425. The fraction of sp³-hybridized carbons (Fsp3) is 1.00. The first-order valence-corrected chi connectivity index (χ1v) is 40.0. The predicted octanol–water partition coefficient (Wildman–Crippen LogP) is 19.9. The van der Waals surface area contributed by atoms with Gasteiger partial charge in [0.1, 0.15) is 0 Å². The molecule has 0 amide bonds. The van der Waals surface area contributed by atoms with Crippen molar-refractivity contribution in [3.63, 3.8) is 0 Å². The Balaban J connectivity index is -0.0000000790. The second kappa shape index (κ2) is 144. The summed E-state index contributed by atoms with van der Waals surface area (Å²) in [4.78, 5) is 0. The summed E-state index contributed by atoms with van der Waals surface area (Å²) in [6, 6.07) is 0. The standard InChI is InChI=1S/8C10H21O.4Ti/c8*1-2-3-4-5-6-7-8-9-10-11;;;;/h8*2-10H2,1H3;;;;/q8*-1;4*+2. The van der Waals surface area contributed by atoms with Crippen molar-refractivity contribution in [1.29, 1.82) is 0 Å². The summed E-state index contributed by atoms with van der Waals surface area (Å²) in [5, 5.41) is 80.5. The van der Waals surface area contributed by atoms with Crippen LogP contribution in [0.25, 0.3) is 0 Å². The first-order chi connectivity index (χ1) is 43.3. The molecule has 0 spiro atoms. The van der Waals surface area contributed by atoms with Crippen molar-refractivity contribution in [3.05, 3.63) is 0 Å². The van der Waals surface area contributed by atoms with Gasteiger partial charge in [0.15, 0.2) is 0 Å². The van der Waals surface area contributed by atoms with Crippen molar-refractivity contribution in [2.24, 2.45) is 0 Å². The third-order valence-electron chi connectivity index (χ3n) is 16.0. The monoisotopic (exact) mass is 1450 g/mol. The molecule has 0 atom stereocenters. The average molecular weight is 1450 g/mol. The maximum atomic E-state index is 10.1. The third-order valence-corrected chi connectivity index (χ3v) is 16.0. The molecule has 552 valence electrons. The molecule has 8 nitrogen and oxygen atoms in total. The summed E-state index contributed by atoms with van der Waals surface area (Å²) in [6.45, 7) is 18.8. The van der Waals surface area contributed by atoms with Gasteiger partial charge in [0.2, 0.25) is 0 Å². The van der Waals surface area contributed by atoms with E-state index in [9.17, 15) is 40.9 Å². The predicted molar refractivity (Wildman–Crippen MR) is 380 cm³/mol. The molecular weight excluding hydrogens is 1280 g/mol. The van der Waals surface area contributed by atoms with Gasteiger partial charge >= 0.3 is 86.9 Å². The maximum Gasteiger partial charge on any atom is 2.00 e. The second-order valence-corrected chi connectivity index (χ2v) is 25.4. The average Bonchev–Trinajstić information content (AvgIpc) is 3.54. The summed E-state index contributed by atoms with van der Waals surface area (Å²) >= 11 is 0. The fourth-order valence-electron chi connectivity index (χ4n) is 9.89. The van der Waals surface area contributed by atoms with Crippen LogP contribution >= 0.6 is 0 Å². The van der Waals surface area contributed by atoms with Gasteiger partial charge in [-0.1, -0.05) is 466 Å². The molecule has 0 radical (unpaired) electrons. The van der Waals surface area contributed by atoms with Gasteiger partial charge in [-0.25, -0.2) is 0 Å². The zero-order chi connectivity index (χ0) is 66.9. The molecule has 0 unspecified atom stereocenters. The van der Waals surface area contributed by atoms with Crippen molar-refractivity contribution in [1.82, 2.24) is 0 Å². The van der Waals surface area contributed by atoms with E-state index in [0.717, 1.165) is 103 Å². The van der Waals surface area contributed by atoms with Gasteiger partial charge in [-0.05, 0) is 0 Å². The molecule has 0 aliphatic rings. The van der Waals surface area contributed by atoms with Crippen LogP contribution < -0.4 is 40.9 Å². The molecule has 0 rings (SSSR count). The maximum absolute atomic E-state index is 10.1. The molecule has 0 aromatic carbocycles. The summed E-state index contributed by atoms with van der Waals surface area (Å²) in [5.41, 5.74) is 0. The Labute approximate surface area is 641 Å². The van der Waals surface area contributed by atoms with Crippen LogP contribution in [-0.4, -0.2) is 52.9 Å². The van der Waals surface area contributed by atoms with E-state index in [-0.39, 0.29) is 140 Å². The Morgan fingerprint density at radius 2 is 0.152 bits per heavy atom. The third kappa shape index (κ3) is 175. The first-order valence-electron chi connectivity index (χ1n) is 40.0. The summed E-state index contributed by atoms with van der Waals surface area (Å²) in [6.07, 6.45) is 80.7. The topological polar surface area (TPSA) is 184 Å². The van der Waals surface area contributed by atoms with Crippen LogP contribution in [0, 0.1) is 0 Å². The SMILES string of the molecule is CCCCCCCCCC[O-].CCCCCCCCCC[O-].CCCCCCCCCC[O-].CCCCCCCCCC[O-].CCCCCCCCCC[O-].CCCCCCCCCC[O-].CCCCCCCCCC[O-].CCCCCCCCCC[O-].[Ti+2].[Ti+2].[Ti+2].[Ti+2]. The van der Waals surface area contributed by atoms with Gasteiger partial charge in [0, 0.05) is 0 Å². The van der Waals surface area contributed by atoms with E-state index in [1.54, 1.807) is 0 Å². The molecule has 12 heteroatoms. The zero-order valence-electron chi connectivity index (χ0n) is 64.2. The smallest absolute Gasteiger partial charge is 0.854 e. The van der Waals surface area contributed by atoms with Crippen LogP contribution in [-0.2, 0) is 86.9 Å². The molecule has 0 aliphatic heterocycles. The molecule has 0 aliphatic carbocycles. The van der Waals surface area contributed by atoms with E-state index in [4.69, 9.17) is 0 Å². The molecular formula is C80H168O8Ti4. The minimum atomic E-state index is 0. The van der Waals surface area contributed by atoms with Gasteiger partial charge in [0.05, 0.1) is 0 Å². The normalized spacial score (nSPS) is 9.91. The van der Waals surface area contributed by atoms with Crippen LogP contribution in [0.2, 0.25) is 0 Å². The summed E-state index contributed by atoms with van der Waals surface area (Å²) in [5.74, 6) is 0. The van der Waals surface area contributed by atoms with E-state index in [2.05, 4.69) is 55.4 Å². The number of hydrogen-bond donors (Lipinski definition) is 0. The Hall–Kier alpha value is 2.54. The molecule has 0 saturated heterocycles. The summed E-state index contributed by atoms with van der Waals surface area (Å²) < 4.78 is 0. The molecule has 0 aromatic heterocycles. The Morgan fingerprint density at radius 1 is 0.0978 bits per heavy atom. The fourth-order valence-corrected chi connectivity index (χ4v) is 9.89. The molecule has 0 saturated carbocycles. The van der Waals surface area contributed by atoms with Crippen molar-refractivity contribution in [2.45, 2.75) is 466 Å². The number of rotatable bonds is 64. The van der Waals surface area contributed by atoms with Gasteiger partial charge in [-0.15, -0.1) is 52.9 Å². The van der Waals surface area contributed by atoms with Gasteiger partial charge < -0.3 is 40.9 Å². The summed E-state index contributed by atoms with van der Waals surface area (Å²) in [7, 11) is 0. The van der Waals surface area contributed by atoms with E-state index >= 15 is 0 Å². The van der Waals surface area contributed by atoms with Crippen LogP contribution in [0.15, 0.2) is 0 Å². The molecule has 0 bridgehead atoms. The number of unbranched alkanes of at least 4 members (excludes halogenated alkanes) is 56. The Kier molecular flexibility index (Phi) is 190. The van der Waals surface area contributed by atoms with Crippen LogP contribution in [0.4, 0.5) is 0 Å². The van der Waals surface area contributed by atoms with Crippen molar-refractivity contribution in [3.8, 4) is 0 Å². The molecule has 0 aromatic rings. The number of hydrogen-bond acceptors (Lipinski definition) is 8. The van der Waals surface area contributed by atoms with Crippen molar-refractivity contribution < 1.29 is 128 Å². The van der Waals surface area contributed by atoms with E-state index < -0.39 is 0 Å². The first kappa shape index (κ1) is 121. The minimum Gasteiger partial charge on any atom is -0.854 e. The van der Waals surface area contributed by atoms with E-state index in [1.807, 2.05) is 0 Å². The van der Waals surface area contributed by atoms with Crippen LogP contribution in [0.5, 0.6) is 0 Å². The van der Waals surface area contributed by atoms with Crippen LogP contribution in [0.3, 0.4) is 0 Å².